The summed E-state index contributed by atoms with van der Waals surface area (Å²) in [6.45, 7) is 3.62. The van der Waals surface area contributed by atoms with Gasteiger partial charge in [0, 0.05) is 6.04 Å². The highest BCUT2D eigenvalue weighted by Crippen LogP contribution is 2.18. The van der Waals surface area contributed by atoms with Gasteiger partial charge >= 0.3 is 0 Å². The first-order valence-electron chi connectivity index (χ1n) is 4.25. The SMILES string of the molecule is CC[SH2]C[C@@H]1CCCN1C. The van der Waals surface area contributed by atoms with Crippen LogP contribution in [0.15, 0.2) is 0 Å². The molecule has 0 aromatic heterocycles. The summed E-state index contributed by atoms with van der Waals surface area (Å²) in [4.78, 5) is 2.52. The number of nitrogens with zero attached hydrogens (tertiary/aromatic N) is 1. The van der Waals surface area contributed by atoms with E-state index < -0.39 is 0 Å². The molecule has 0 aromatic carbocycles. The predicted octanol–water partition coefficient (Wildman–Crippen LogP) is 1.30. The Balaban J connectivity index is 2.14. The molecule has 1 aliphatic rings. The summed E-state index contributed by atoms with van der Waals surface area (Å²) in [5.41, 5.74) is 0. The molecule has 10 heavy (non-hydrogen) atoms. The number of hydrogen-bond acceptors (Lipinski definition) is 1. The minimum atomic E-state index is 0.929. The van der Waals surface area contributed by atoms with Gasteiger partial charge in [-0.15, -0.1) is 0 Å². The van der Waals surface area contributed by atoms with E-state index in [-0.39, 0.29) is 0 Å². The van der Waals surface area contributed by atoms with Crippen molar-refractivity contribution in [2.45, 2.75) is 25.8 Å². The Morgan fingerprint density at radius 2 is 2.40 bits per heavy atom. The van der Waals surface area contributed by atoms with Crippen LogP contribution in [0.5, 0.6) is 0 Å². The standard InChI is InChI=1S/C8H19NS/c1-3-10-7-8-5-4-6-9(8)2/h8H,3-7,10H2,1-2H3/t8-/m0/s1. The number of rotatable bonds is 3. The molecule has 0 aromatic rings. The lowest BCUT2D eigenvalue weighted by Gasteiger charge is -2.19. The lowest BCUT2D eigenvalue weighted by atomic mass is 10.2. The van der Waals surface area contributed by atoms with Gasteiger partial charge in [-0.05, 0) is 37.9 Å². The molecule has 62 valence electrons. The van der Waals surface area contributed by atoms with Crippen molar-refractivity contribution in [3.63, 3.8) is 0 Å². The van der Waals surface area contributed by atoms with Gasteiger partial charge in [0.05, 0.1) is 0 Å². The zero-order valence-electron chi connectivity index (χ0n) is 7.06. The summed E-state index contributed by atoms with van der Waals surface area (Å²) in [5.74, 6) is 2.83. The van der Waals surface area contributed by atoms with Crippen molar-refractivity contribution in [1.82, 2.24) is 4.90 Å². The topological polar surface area (TPSA) is 3.24 Å². The lowest BCUT2D eigenvalue weighted by Crippen LogP contribution is -2.26. The zero-order chi connectivity index (χ0) is 7.40. The van der Waals surface area contributed by atoms with Crippen molar-refractivity contribution in [1.29, 1.82) is 0 Å². The summed E-state index contributed by atoms with van der Waals surface area (Å²) >= 11 is 1.19. The first-order valence-corrected chi connectivity index (χ1v) is 5.67. The Kier molecular flexibility index (Phi) is 3.57. The first kappa shape index (κ1) is 8.41. The molecule has 1 atom stereocenters. The van der Waals surface area contributed by atoms with Gasteiger partial charge in [-0.1, -0.05) is 6.92 Å². The Labute approximate surface area is 68.2 Å². The van der Waals surface area contributed by atoms with Crippen LogP contribution < -0.4 is 0 Å². The van der Waals surface area contributed by atoms with E-state index in [1.54, 1.807) is 0 Å². The molecule has 0 bridgehead atoms. The number of likely N-dealkylation sites (tertiary alicyclic amines) is 1. The largest absolute Gasteiger partial charge is 0.303 e. The maximum atomic E-state index is 2.52. The van der Waals surface area contributed by atoms with E-state index in [2.05, 4.69) is 18.9 Å². The second kappa shape index (κ2) is 4.24. The van der Waals surface area contributed by atoms with Gasteiger partial charge in [0.25, 0.3) is 0 Å². The third kappa shape index (κ3) is 2.17. The predicted molar refractivity (Wildman–Crippen MR) is 51.4 cm³/mol. The van der Waals surface area contributed by atoms with E-state index in [4.69, 9.17) is 0 Å². The van der Waals surface area contributed by atoms with Crippen LogP contribution in [0.2, 0.25) is 0 Å². The summed E-state index contributed by atoms with van der Waals surface area (Å²) < 4.78 is 0. The maximum absolute atomic E-state index is 2.52. The molecule has 1 nitrogen and oxygen atoms in total. The minimum Gasteiger partial charge on any atom is -0.303 e. The van der Waals surface area contributed by atoms with E-state index in [9.17, 15) is 0 Å². The third-order valence-corrected chi connectivity index (χ3v) is 3.56. The second-order valence-electron chi connectivity index (χ2n) is 3.08. The molecular formula is C8H19NS. The molecule has 0 aliphatic carbocycles. The molecule has 1 fully saturated rings. The monoisotopic (exact) mass is 161 g/mol. The summed E-state index contributed by atoms with van der Waals surface area (Å²) in [6, 6.07) is 0.929. The van der Waals surface area contributed by atoms with Crippen molar-refractivity contribution >= 4 is 11.8 Å². The molecule has 1 rings (SSSR count). The molecule has 0 radical (unpaired) electrons. The first-order chi connectivity index (χ1) is 4.84. The van der Waals surface area contributed by atoms with Gasteiger partial charge in [0.1, 0.15) is 0 Å². The highest BCUT2D eigenvalue weighted by Gasteiger charge is 2.18. The molecule has 1 aliphatic heterocycles. The van der Waals surface area contributed by atoms with Crippen LogP contribution in [0.3, 0.4) is 0 Å². The Morgan fingerprint density at radius 1 is 1.60 bits per heavy atom. The molecule has 2 heteroatoms. The maximum Gasteiger partial charge on any atom is 0.0164 e. The summed E-state index contributed by atoms with van der Waals surface area (Å²) in [5, 5.41) is 0. The van der Waals surface area contributed by atoms with Crippen molar-refractivity contribution in [3.05, 3.63) is 0 Å². The van der Waals surface area contributed by atoms with E-state index in [1.165, 1.54) is 42.7 Å². The van der Waals surface area contributed by atoms with Crippen molar-refractivity contribution < 1.29 is 0 Å². The smallest absolute Gasteiger partial charge is 0.0164 e. The van der Waals surface area contributed by atoms with E-state index in [1.807, 2.05) is 0 Å². The molecule has 0 unspecified atom stereocenters. The third-order valence-electron chi connectivity index (χ3n) is 2.30. The van der Waals surface area contributed by atoms with E-state index in [0.717, 1.165) is 6.04 Å². The summed E-state index contributed by atoms with van der Waals surface area (Å²) in [6.07, 6.45) is 2.87. The Morgan fingerprint density at radius 3 is 2.90 bits per heavy atom. The zero-order valence-corrected chi connectivity index (χ0v) is 8.06. The van der Waals surface area contributed by atoms with Gasteiger partial charge in [-0.25, -0.2) is 0 Å². The molecule has 0 amide bonds. The van der Waals surface area contributed by atoms with Gasteiger partial charge in [-0.2, -0.15) is 0 Å². The molecule has 0 spiro atoms. The van der Waals surface area contributed by atoms with Crippen LogP contribution in [-0.4, -0.2) is 36.0 Å². The Hall–Kier alpha value is 0.310. The quantitative estimate of drug-likeness (QED) is 0.603. The van der Waals surface area contributed by atoms with E-state index >= 15 is 0 Å². The summed E-state index contributed by atoms with van der Waals surface area (Å²) in [7, 11) is 2.26. The number of hydrogen-bond donors (Lipinski definition) is 0. The van der Waals surface area contributed by atoms with Gasteiger partial charge in [-0.3, -0.25) is 11.8 Å². The highest BCUT2D eigenvalue weighted by molar-refractivity contribution is 7.99. The normalized spacial score (nSPS) is 29.6. The fourth-order valence-corrected chi connectivity index (χ4v) is 2.69. The van der Waals surface area contributed by atoms with E-state index in [0.29, 0.717) is 0 Å². The molecule has 1 heterocycles. The van der Waals surface area contributed by atoms with Gasteiger partial charge < -0.3 is 4.90 Å². The lowest BCUT2D eigenvalue weighted by molar-refractivity contribution is 0.335. The van der Waals surface area contributed by atoms with Crippen molar-refractivity contribution in [3.8, 4) is 0 Å². The van der Waals surface area contributed by atoms with Crippen LogP contribution in [-0.2, 0) is 0 Å². The Bertz CT molecular complexity index is 95.3. The molecule has 0 saturated carbocycles. The minimum absolute atomic E-state index is 0.929. The average Bonchev–Trinajstić information content (AvgIpc) is 2.31. The molecule has 0 N–H and O–H groups in total. The van der Waals surface area contributed by atoms with Crippen molar-refractivity contribution in [2.75, 3.05) is 25.1 Å². The van der Waals surface area contributed by atoms with Crippen LogP contribution in [0.1, 0.15) is 19.8 Å². The fourth-order valence-electron chi connectivity index (χ4n) is 1.55. The molecule has 1 saturated heterocycles. The van der Waals surface area contributed by atoms with Crippen LogP contribution in [0.4, 0.5) is 0 Å². The van der Waals surface area contributed by atoms with Crippen LogP contribution in [0, 0.1) is 0 Å². The van der Waals surface area contributed by atoms with Gasteiger partial charge in [0.15, 0.2) is 0 Å². The molecular weight excluding hydrogens is 142 g/mol. The van der Waals surface area contributed by atoms with Gasteiger partial charge in [0.2, 0.25) is 0 Å². The average molecular weight is 161 g/mol. The van der Waals surface area contributed by atoms with Crippen LogP contribution >= 0.6 is 11.8 Å². The van der Waals surface area contributed by atoms with Crippen LogP contribution in [0.25, 0.3) is 0 Å². The second-order valence-corrected chi connectivity index (χ2v) is 4.70. The fraction of sp³-hybridized carbons (Fsp3) is 1.00. The highest BCUT2D eigenvalue weighted by atomic mass is 32.2. The van der Waals surface area contributed by atoms with Crippen molar-refractivity contribution in [2.24, 2.45) is 0 Å².